The van der Waals surface area contributed by atoms with Crippen LogP contribution in [0.5, 0.6) is 0 Å². The van der Waals surface area contributed by atoms with Gasteiger partial charge in [0.2, 0.25) is 0 Å². The lowest BCUT2D eigenvalue weighted by Crippen LogP contribution is -2.09. The van der Waals surface area contributed by atoms with Crippen LogP contribution in [-0.2, 0) is 0 Å². The molecule has 0 aliphatic rings. The van der Waals surface area contributed by atoms with E-state index < -0.39 is 7.59 Å². The Morgan fingerprint density at radius 2 is 0.800 bits per heavy atom. The first-order valence-corrected chi connectivity index (χ1v) is 4.61. The Morgan fingerprint density at radius 3 is 0.900 bits per heavy atom. The van der Waals surface area contributed by atoms with Gasteiger partial charge in [0.15, 0.2) is 7.59 Å². The molecule has 10 heavy (non-hydrogen) atoms. The average Bonchev–Trinajstić information content (AvgIpc) is 1.57. The van der Waals surface area contributed by atoms with Gasteiger partial charge in [-0.05, 0) is 12.8 Å². The maximum atomic E-state index is 5.39. The van der Waals surface area contributed by atoms with E-state index in [1.165, 1.54) is 0 Å². The molecular weight excluding hydrogens is 261 g/mol. The summed E-state index contributed by atoms with van der Waals surface area (Å²) < 4.78 is -2.66. The number of hydrogen-bond donors (Lipinski definition) is 0. The smallest absolute Gasteiger partial charge is 0.0837 e. The minimum Gasteiger partial charge on any atom is -0.0837 e. The van der Waals surface area contributed by atoms with Crippen molar-refractivity contribution < 1.29 is 0 Å². The van der Waals surface area contributed by atoms with E-state index in [2.05, 4.69) is 0 Å². The molecule has 0 radical (unpaired) electrons. The van der Waals surface area contributed by atoms with Gasteiger partial charge in [-0.2, -0.15) is 0 Å². The summed E-state index contributed by atoms with van der Waals surface area (Å²) in [6, 6.07) is 0. The monoisotopic (exact) mass is 262 g/mol. The number of halogens is 6. The van der Waals surface area contributed by atoms with Crippen molar-refractivity contribution in [3.63, 3.8) is 0 Å². The molecule has 0 aromatic rings. The van der Waals surface area contributed by atoms with Crippen molar-refractivity contribution in [1.82, 2.24) is 0 Å². The molecule has 0 N–H and O–H groups in total. The van der Waals surface area contributed by atoms with Crippen LogP contribution < -0.4 is 0 Å². The molecule has 0 saturated heterocycles. The summed E-state index contributed by atoms with van der Waals surface area (Å²) in [6.45, 7) is 0. The van der Waals surface area contributed by atoms with Crippen molar-refractivity contribution in [1.29, 1.82) is 0 Å². The third-order valence-corrected chi connectivity index (χ3v) is 1.83. The van der Waals surface area contributed by atoms with Gasteiger partial charge in [-0.15, -0.1) is 0 Å². The van der Waals surface area contributed by atoms with Crippen molar-refractivity contribution in [2.45, 2.75) is 20.4 Å². The summed E-state index contributed by atoms with van der Waals surface area (Å²) in [5, 5.41) is 0. The highest BCUT2D eigenvalue weighted by atomic mass is 35.6. The van der Waals surface area contributed by atoms with Gasteiger partial charge in [-0.1, -0.05) is 69.6 Å². The van der Waals surface area contributed by atoms with E-state index >= 15 is 0 Å². The van der Waals surface area contributed by atoms with Crippen LogP contribution >= 0.6 is 69.6 Å². The maximum absolute atomic E-state index is 5.39. The third kappa shape index (κ3) is 9.74. The van der Waals surface area contributed by atoms with Crippen molar-refractivity contribution >= 4 is 69.6 Å². The molecule has 0 aromatic carbocycles. The van der Waals surface area contributed by atoms with Crippen molar-refractivity contribution in [3.8, 4) is 0 Å². The van der Waals surface area contributed by atoms with Gasteiger partial charge in [0.05, 0.1) is 0 Å². The normalized spacial score (nSPS) is 13.8. The standard InChI is InChI=1S/C4H4Cl6/c5-3(6,7)1-2-4(8,9)10/h1-2H2. The maximum Gasteiger partial charge on any atom is 0.190 e. The summed E-state index contributed by atoms with van der Waals surface area (Å²) in [4.78, 5) is 0. The Balaban J connectivity index is 3.56. The van der Waals surface area contributed by atoms with Crippen LogP contribution in [0, 0.1) is 0 Å². The van der Waals surface area contributed by atoms with Crippen LogP contribution in [0.1, 0.15) is 12.8 Å². The molecular formula is C4H4Cl6. The Hall–Kier alpha value is 1.74. The third-order valence-electron chi connectivity index (χ3n) is 0.692. The summed E-state index contributed by atoms with van der Waals surface area (Å²) in [7, 11) is 0. The molecule has 62 valence electrons. The fourth-order valence-electron chi connectivity index (χ4n) is 0.283. The van der Waals surface area contributed by atoms with Crippen LogP contribution in [0.3, 0.4) is 0 Å². The zero-order chi connectivity index (χ0) is 8.41. The Morgan fingerprint density at radius 1 is 0.600 bits per heavy atom. The number of alkyl halides is 6. The predicted octanol–water partition coefficient (Wildman–Crippen LogP) is 4.51. The molecule has 0 atom stereocenters. The quantitative estimate of drug-likeness (QED) is 0.612. The molecule has 6 heteroatoms. The molecule has 0 saturated carbocycles. The molecule has 0 aliphatic carbocycles. The molecule has 0 amide bonds. The summed E-state index contributed by atoms with van der Waals surface area (Å²) in [5.74, 6) is 0. The molecule has 0 nitrogen and oxygen atoms in total. The largest absolute Gasteiger partial charge is 0.190 e. The molecule has 0 unspecified atom stereocenters. The van der Waals surface area contributed by atoms with Crippen molar-refractivity contribution in [3.05, 3.63) is 0 Å². The van der Waals surface area contributed by atoms with Crippen molar-refractivity contribution in [2.75, 3.05) is 0 Å². The van der Waals surface area contributed by atoms with Crippen LogP contribution in [-0.4, -0.2) is 7.59 Å². The average molecular weight is 265 g/mol. The Bertz CT molecular complexity index is 83.3. The van der Waals surface area contributed by atoms with E-state index in [4.69, 9.17) is 69.6 Å². The van der Waals surface area contributed by atoms with Gasteiger partial charge < -0.3 is 0 Å². The molecule has 0 fully saturated rings. The van der Waals surface area contributed by atoms with Gasteiger partial charge in [0.1, 0.15) is 0 Å². The van der Waals surface area contributed by atoms with Gasteiger partial charge in [0, 0.05) is 0 Å². The van der Waals surface area contributed by atoms with Crippen LogP contribution in [0.15, 0.2) is 0 Å². The Labute approximate surface area is 89.7 Å². The number of rotatable bonds is 1. The first-order valence-electron chi connectivity index (χ1n) is 2.34. The molecule has 0 aromatic heterocycles. The Kier molecular flexibility index (Phi) is 4.83. The second-order valence-corrected chi connectivity index (χ2v) is 6.76. The van der Waals surface area contributed by atoms with E-state index in [1.807, 2.05) is 0 Å². The van der Waals surface area contributed by atoms with Crippen LogP contribution in [0.2, 0.25) is 0 Å². The highest BCUT2D eigenvalue weighted by Crippen LogP contribution is 2.39. The molecule has 0 rings (SSSR count). The minimum atomic E-state index is -1.33. The van der Waals surface area contributed by atoms with Gasteiger partial charge >= 0.3 is 0 Å². The summed E-state index contributed by atoms with van der Waals surface area (Å²) in [6.07, 6.45) is 0.461. The first-order chi connectivity index (χ1) is 4.21. The lowest BCUT2D eigenvalue weighted by atomic mass is 10.4. The zero-order valence-corrected chi connectivity index (χ0v) is 9.22. The second-order valence-electron chi connectivity index (χ2n) is 1.73. The summed E-state index contributed by atoms with van der Waals surface area (Å²) >= 11 is 32.4. The lowest BCUT2D eigenvalue weighted by Gasteiger charge is -2.14. The van der Waals surface area contributed by atoms with E-state index in [0.717, 1.165) is 0 Å². The van der Waals surface area contributed by atoms with Crippen molar-refractivity contribution in [2.24, 2.45) is 0 Å². The minimum absolute atomic E-state index is 0.230. The van der Waals surface area contributed by atoms with Gasteiger partial charge in [0.25, 0.3) is 0 Å². The molecule has 0 heterocycles. The molecule has 0 bridgehead atoms. The molecule has 0 aliphatic heterocycles. The first kappa shape index (κ1) is 11.7. The second kappa shape index (κ2) is 4.11. The van der Waals surface area contributed by atoms with E-state index in [-0.39, 0.29) is 12.8 Å². The highest BCUT2D eigenvalue weighted by Gasteiger charge is 2.27. The zero-order valence-electron chi connectivity index (χ0n) is 4.68. The SMILES string of the molecule is ClC(Cl)(Cl)CCC(Cl)(Cl)Cl. The van der Waals surface area contributed by atoms with Gasteiger partial charge in [-0.3, -0.25) is 0 Å². The van der Waals surface area contributed by atoms with Crippen LogP contribution in [0.4, 0.5) is 0 Å². The van der Waals surface area contributed by atoms with Crippen LogP contribution in [0.25, 0.3) is 0 Å². The fourth-order valence-corrected chi connectivity index (χ4v) is 0.850. The lowest BCUT2D eigenvalue weighted by molar-refractivity contribution is 0.773. The highest BCUT2D eigenvalue weighted by molar-refractivity contribution is 6.69. The fraction of sp³-hybridized carbons (Fsp3) is 1.00. The number of hydrogen-bond acceptors (Lipinski definition) is 0. The van der Waals surface area contributed by atoms with Gasteiger partial charge in [-0.25, -0.2) is 0 Å². The molecule has 0 spiro atoms. The summed E-state index contributed by atoms with van der Waals surface area (Å²) in [5.41, 5.74) is 0. The van der Waals surface area contributed by atoms with E-state index in [1.54, 1.807) is 0 Å². The predicted molar refractivity (Wildman–Crippen MR) is 49.8 cm³/mol. The topological polar surface area (TPSA) is 0 Å². The van der Waals surface area contributed by atoms with E-state index in [0.29, 0.717) is 0 Å². The van der Waals surface area contributed by atoms with E-state index in [9.17, 15) is 0 Å².